The van der Waals surface area contributed by atoms with Crippen LogP contribution in [0, 0.1) is 6.92 Å². The highest BCUT2D eigenvalue weighted by molar-refractivity contribution is 5.99. The number of hydrogen-bond donors (Lipinski definition) is 1. The number of nitrogens with two attached hydrogens (primary N) is 1. The minimum absolute atomic E-state index is 0.0360. The second-order valence-corrected chi connectivity index (χ2v) is 3.72. The molecule has 0 saturated carbocycles. The van der Waals surface area contributed by atoms with Crippen molar-refractivity contribution in [1.82, 2.24) is 0 Å². The van der Waals surface area contributed by atoms with E-state index in [2.05, 4.69) is 0 Å². The van der Waals surface area contributed by atoms with Gasteiger partial charge in [0.25, 0.3) is 0 Å². The van der Waals surface area contributed by atoms with Crippen LogP contribution in [0.2, 0.25) is 0 Å². The lowest BCUT2D eigenvalue weighted by molar-refractivity contribution is -0.118. The number of nitrogens with zero attached hydrogens (tertiary/aromatic N) is 1. The van der Waals surface area contributed by atoms with Crippen molar-refractivity contribution in [3.8, 4) is 0 Å². The van der Waals surface area contributed by atoms with Crippen LogP contribution in [0.4, 0.5) is 5.69 Å². The molecule has 1 atom stereocenters. The first-order valence-electron chi connectivity index (χ1n) is 4.82. The molecule has 1 unspecified atom stereocenters. The first-order chi connectivity index (χ1) is 6.68. The molecule has 0 aliphatic carbocycles. The third kappa shape index (κ3) is 1.51. The van der Waals surface area contributed by atoms with E-state index in [9.17, 15) is 4.79 Å². The van der Waals surface area contributed by atoms with Gasteiger partial charge >= 0.3 is 0 Å². The zero-order chi connectivity index (χ0) is 10.1. The molecule has 14 heavy (non-hydrogen) atoms. The van der Waals surface area contributed by atoms with Gasteiger partial charge in [0.15, 0.2) is 0 Å². The average molecular weight is 190 g/mol. The minimum atomic E-state index is -0.309. The molecule has 0 spiro atoms. The van der Waals surface area contributed by atoms with Crippen molar-refractivity contribution in [2.24, 2.45) is 5.73 Å². The van der Waals surface area contributed by atoms with E-state index in [1.54, 1.807) is 4.90 Å². The van der Waals surface area contributed by atoms with E-state index in [4.69, 9.17) is 5.73 Å². The van der Waals surface area contributed by atoms with E-state index < -0.39 is 0 Å². The number of carbonyl (C=O) groups is 1. The number of carbonyl (C=O) groups excluding carboxylic acids is 1. The average Bonchev–Trinajstić information content (AvgIpc) is 2.50. The summed E-state index contributed by atoms with van der Waals surface area (Å²) in [7, 11) is 0. The van der Waals surface area contributed by atoms with Gasteiger partial charge in [-0.3, -0.25) is 4.79 Å². The molecular formula is C11H14N2O. The minimum Gasteiger partial charge on any atom is -0.320 e. The van der Waals surface area contributed by atoms with Gasteiger partial charge in [-0.05, 0) is 25.5 Å². The van der Waals surface area contributed by atoms with Crippen molar-refractivity contribution in [1.29, 1.82) is 0 Å². The Kier molecular flexibility index (Phi) is 2.25. The van der Waals surface area contributed by atoms with E-state index in [1.807, 2.05) is 31.2 Å². The molecule has 0 radical (unpaired) electrons. The topological polar surface area (TPSA) is 46.3 Å². The van der Waals surface area contributed by atoms with Gasteiger partial charge in [-0.2, -0.15) is 0 Å². The van der Waals surface area contributed by atoms with Gasteiger partial charge in [0.2, 0.25) is 5.91 Å². The molecule has 0 bridgehead atoms. The van der Waals surface area contributed by atoms with Crippen molar-refractivity contribution < 1.29 is 4.79 Å². The summed E-state index contributed by atoms with van der Waals surface area (Å²) < 4.78 is 0. The van der Waals surface area contributed by atoms with Crippen LogP contribution < -0.4 is 10.6 Å². The predicted octanol–water partition coefficient (Wildman–Crippen LogP) is 1.06. The molecule has 74 valence electrons. The fraction of sp³-hybridized carbons (Fsp3) is 0.364. The standard InChI is InChI=1S/C11H14N2O/c1-8-2-4-9(5-3-8)13-7-6-10(12)11(13)14/h2-5,10H,6-7,12H2,1H3. The summed E-state index contributed by atoms with van der Waals surface area (Å²) in [5, 5.41) is 0. The van der Waals surface area contributed by atoms with Crippen LogP contribution in [0.1, 0.15) is 12.0 Å². The van der Waals surface area contributed by atoms with Gasteiger partial charge in [-0.25, -0.2) is 0 Å². The molecule has 0 aromatic heterocycles. The Labute approximate surface area is 83.5 Å². The first kappa shape index (κ1) is 9.21. The molecule has 1 aliphatic heterocycles. The molecule has 3 nitrogen and oxygen atoms in total. The Morgan fingerprint density at radius 3 is 2.50 bits per heavy atom. The van der Waals surface area contributed by atoms with Crippen LogP contribution in [-0.4, -0.2) is 18.5 Å². The van der Waals surface area contributed by atoms with E-state index in [0.717, 1.165) is 18.7 Å². The zero-order valence-corrected chi connectivity index (χ0v) is 8.23. The van der Waals surface area contributed by atoms with Crippen LogP contribution in [0.5, 0.6) is 0 Å². The molecule has 1 aromatic carbocycles. The molecule has 1 aromatic rings. The van der Waals surface area contributed by atoms with Crippen molar-refractivity contribution in [3.05, 3.63) is 29.8 Å². The first-order valence-corrected chi connectivity index (χ1v) is 4.82. The summed E-state index contributed by atoms with van der Waals surface area (Å²) >= 11 is 0. The Hall–Kier alpha value is -1.35. The highest BCUT2D eigenvalue weighted by atomic mass is 16.2. The van der Waals surface area contributed by atoms with Crippen molar-refractivity contribution in [2.75, 3.05) is 11.4 Å². The molecule has 1 amide bonds. The normalized spacial score (nSPS) is 21.7. The summed E-state index contributed by atoms with van der Waals surface area (Å²) in [4.78, 5) is 13.3. The van der Waals surface area contributed by atoms with E-state index in [-0.39, 0.29) is 11.9 Å². The van der Waals surface area contributed by atoms with Gasteiger partial charge in [-0.1, -0.05) is 17.7 Å². The lowest BCUT2D eigenvalue weighted by atomic mass is 10.2. The number of aryl methyl sites for hydroxylation is 1. The van der Waals surface area contributed by atoms with Gasteiger partial charge in [0.1, 0.15) is 0 Å². The fourth-order valence-electron chi connectivity index (χ4n) is 1.68. The van der Waals surface area contributed by atoms with Crippen LogP contribution >= 0.6 is 0 Å². The van der Waals surface area contributed by atoms with Gasteiger partial charge < -0.3 is 10.6 Å². The lowest BCUT2D eigenvalue weighted by Crippen LogP contribution is -2.33. The van der Waals surface area contributed by atoms with Gasteiger partial charge in [0, 0.05) is 12.2 Å². The molecule has 3 heteroatoms. The summed E-state index contributed by atoms with van der Waals surface area (Å²) in [6.07, 6.45) is 0.757. The second kappa shape index (κ2) is 3.42. The Morgan fingerprint density at radius 1 is 1.36 bits per heavy atom. The number of rotatable bonds is 1. The smallest absolute Gasteiger partial charge is 0.243 e. The highest BCUT2D eigenvalue weighted by Crippen LogP contribution is 2.20. The Bertz CT molecular complexity index is 345. The van der Waals surface area contributed by atoms with E-state index in [0.29, 0.717) is 0 Å². The molecule has 1 aliphatic rings. The Morgan fingerprint density at radius 2 is 2.00 bits per heavy atom. The number of anilines is 1. The summed E-state index contributed by atoms with van der Waals surface area (Å²) in [6.45, 7) is 2.77. The maximum absolute atomic E-state index is 11.6. The molecule has 2 rings (SSSR count). The third-order valence-electron chi connectivity index (χ3n) is 2.59. The molecular weight excluding hydrogens is 176 g/mol. The van der Waals surface area contributed by atoms with Crippen molar-refractivity contribution >= 4 is 11.6 Å². The summed E-state index contributed by atoms with van der Waals surface area (Å²) in [5.41, 5.74) is 7.80. The van der Waals surface area contributed by atoms with Gasteiger partial charge in [-0.15, -0.1) is 0 Å². The van der Waals surface area contributed by atoms with Gasteiger partial charge in [0.05, 0.1) is 6.04 Å². The SMILES string of the molecule is Cc1ccc(N2CCC(N)C2=O)cc1. The Balaban J connectivity index is 2.24. The maximum Gasteiger partial charge on any atom is 0.243 e. The van der Waals surface area contributed by atoms with Crippen LogP contribution in [-0.2, 0) is 4.79 Å². The monoisotopic (exact) mass is 190 g/mol. The van der Waals surface area contributed by atoms with Crippen molar-refractivity contribution in [2.45, 2.75) is 19.4 Å². The molecule has 1 fully saturated rings. The molecule has 1 heterocycles. The largest absolute Gasteiger partial charge is 0.320 e. The predicted molar refractivity (Wildman–Crippen MR) is 56.1 cm³/mol. The maximum atomic E-state index is 11.6. The summed E-state index contributed by atoms with van der Waals surface area (Å²) in [6, 6.07) is 7.63. The van der Waals surface area contributed by atoms with Crippen LogP contribution in [0.25, 0.3) is 0 Å². The number of hydrogen-bond acceptors (Lipinski definition) is 2. The summed E-state index contributed by atoms with van der Waals surface area (Å²) in [5.74, 6) is 0.0360. The van der Waals surface area contributed by atoms with Crippen molar-refractivity contribution in [3.63, 3.8) is 0 Å². The zero-order valence-electron chi connectivity index (χ0n) is 8.23. The van der Waals surface area contributed by atoms with Crippen LogP contribution in [0.3, 0.4) is 0 Å². The van der Waals surface area contributed by atoms with Crippen LogP contribution in [0.15, 0.2) is 24.3 Å². The molecule has 2 N–H and O–H groups in total. The third-order valence-corrected chi connectivity index (χ3v) is 2.59. The number of amides is 1. The lowest BCUT2D eigenvalue weighted by Gasteiger charge is -2.15. The highest BCUT2D eigenvalue weighted by Gasteiger charge is 2.29. The quantitative estimate of drug-likeness (QED) is 0.719. The molecule has 1 saturated heterocycles. The van der Waals surface area contributed by atoms with E-state index >= 15 is 0 Å². The fourth-order valence-corrected chi connectivity index (χ4v) is 1.68. The second-order valence-electron chi connectivity index (χ2n) is 3.72. The number of benzene rings is 1. The van der Waals surface area contributed by atoms with E-state index in [1.165, 1.54) is 5.56 Å².